The first-order valence-electron chi connectivity index (χ1n) is 9.12. The summed E-state index contributed by atoms with van der Waals surface area (Å²) in [4.78, 5) is 9.58. The summed E-state index contributed by atoms with van der Waals surface area (Å²) >= 11 is 2.08. The van der Waals surface area contributed by atoms with Crippen LogP contribution >= 0.6 is 35.7 Å². The summed E-state index contributed by atoms with van der Waals surface area (Å²) in [6.45, 7) is 7.80. The van der Waals surface area contributed by atoms with Crippen molar-refractivity contribution in [1.29, 1.82) is 0 Å². The normalized spacial score (nSPS) is 31.2. The van der Waals surface area contributed by atoms with E-state index >= 15 is 0 Å². The molecule has 2 unspecified atom stereocenters. The van der Waals surface area contributed by atoms with E-state index in [1.807, 2.05) is 7.05 Å². The highest BCUT2D eigenvalue weighted by molar-refractivity contribution is 14.0. The highest BCUT2D eigenvalue weighted by Gasteiger charge is 2.41. The van der Waals surface area contributed by atoms with E-state index in [0.29, 0.717) is 5.92 Å². The highest BCUT2D eigenvalue weighted by atomic mass is 127. The number of nitrogens with one attached hydrogen (secondary N) is 1. The van der Waals surface area contributed by atoms with Gasteiger partial charge in [0.15, 0.2) is 5.96 Å². The van der Waals surface area contributed by atoms with E-state index in [4.69, 9.17) is 9.47 Å². The molecule has 146 valence electrons. The number of thioether (sulfide) groups is 1. The summed E-state index contributed by atoms with van der Waals surface area (Å²) in [5.74, 6) is 4.16. The van der Waals surface area contributed by atoms with Crippen LogP contribution in [0.3, 0.4) is 0 Å². The van der Waals surface area contributed by atoms with Crippen LogP contribution < -0.4 is 5.32 Å². The highest BCUT2D eigenvalue weighted by Crippen LogP contribution is 2.33. The number of aliphatic imine (C=N–C) groups is 1. The van der Waals surface area contributed by atoms with Gasteiger partial charge in [-0.3, -0.25) is 9.89 Å². The van der Waals surface area contributed by atoms with Crippen molar-refractivity contribution in [3.05, 3.63) is 0 Å². The Kier molecular flexibility index (Phi) is 9.07. The molecule has 1 N–H and O–H groups in total. The van der Waals surface area contributed by atoms with Crippen LogP contribution in [0.25, 0.3) is 0 Å². The van der Waals surface area contributed by atoms with Crippen LogP contribution in [0.1, 0.15) is 12.8 Å². The molecule has 2 atom stereocenters. The number of guanidine groups is 1. The van der Waals surface area contributed by atoms with E-state index in [9.17, 15) is 0 Å². The number of likely N-dealkylation sites (tertiary alicyclic amines) is 1. The molecular weight excluding hydrogens is 451 g/mol. The van der Waals surface area contributed by atoms with Crippen LogP contribution in [0.15, 0.2) is 4.99 Å². The molecule has 0 radical (unpaired) electrons. The number of hydrogen-bond donors (Lipinski definition) is 1. The zero-order valence-electron chi connectivity index (χ0n) is 15.5. The molecule has 0 spiro atoms. The lowest BCUT2D eigenvalue weighted by Crippen LogP contribution is -2.60. The fourth-order valence-electron chi connectivity index (χ4n) is 4.11. The van der Waals surface area contributed by atoms with Gasteiger partial charge < -0.3 is 19.7 Å². The molecule has 3 fully saturated rings. The van der Waals surface area contributed by atoms with E-state index in [0.717, 1.165) is 58.5 Å². The van der Waals surface area contributed by atoms with E-state index in [2.05, 4.69) is 31.9 Å². The Balaban J connectivity index is 0.00000225. The van der Waals surface area contributed by atoms with Gasteiger partial charge in [0.05, 0.1) is 19.8 Å². The molecule has 6 nitrogen and oxygen atoms in total. The number of morpholine rings is 1. The van der Waals surface area contributed by atoms with Crippen molar-refractivity contribution in [2.75, 3.05) is 78.2 Å². The monoisotopic (exact) mass is 484 g/mol. The largest absolute Gasteiger partial charge is 0.384 e. The number of methoxy groups -OCH3 is 1. The lowest BCUT2D eigenvalue weighted by Gasteiger charge is -2.43. The summed E-state index contributed by atoms with van der Waals surface area (Å²) in [6.07, 6.45) is 2.45. The molecule has 0 aromatic heterocycles. The summed E-state index contributed by atoms with van der Waals surface area (Å²) in [5, 5.41) is 3.69. The van der Waals surface area contributed by atoms with Gasteiger partial charge in [0, 0.05) is 64.1 Å². The van der Waals surface area contributed by atoms with Gasteiger partial charge in [-0.1, -0.05) is 0 Å². The molecule has 3 rings (SSSR count). The third kappa shape index (κ3) is 5.37. The van der Waals surface area contributed by atoms with E-state index in [-0.39, 0.29) is 29.5 Å². The molecule has 3 heterocycles. The Morgan fingerprint density at radius 2 is 2.16 bits per heavy atom. The molecule has 25 heavy (non-hydrogen) atoms. The maximum absolute atomic E-state index is 5.55. The summed E-state index contributed by atoms with van der Waals surface area (Å²) in [5.41, 5.74) is 0.260. The van der Waals surface area contributed by atoms with Gasteiger partial charge in [-0.05, 0) is 18.6 Å². The van der Waals surface area contributed by atoms with Gasteiger partial charge in [0.2, 0.25) is 0 Å². The second-order valence-corrected chi connectivity index (χ2v) is 8.19. The fraction of sp³-hybridized carbons (Fsp3) is 0.941. The molecule has 0 bridgehead atoms. The molecule has 3 aliphatic rings. The average Bonchev–Trinajstić information content (AvgIpc) is 3.27. The maximum Gasteiger partial charge on any atom is 0.193 e. The Morgan fingerprint density at radius 1 is 1.36 bits per heavy atom. The summed E-state index contributed by atoms with van der Waals surface area (Å²) in [7, 11) is 3.69. The quantitative estimate of drug-likeness (QED) is 0.362. The van der Waals surface area contributed by atoms with Crippen LogP contribution in [0, 0.1) is 5.92 Å². The van der Waals surface area contributed by atoms with Crippen LogP contribution in [0.5, 0.6) is 0 Å². The zero-order chi connectivity index (χ0) is 16.8. The third-order valence-corrected chi connectivity index (χ3v) is 6.77. The van der Waals surface area contributed by atoms with Crippen molar-refractivity contribution in [3.8, 4) is 0 Å². The van der Waals surface area contributed by atoms with Crippen molar-refractivity contribution in [2.45, 2.75) is 18.4 Å². The fourth-order valence-corrected chi connectivity index (χ4v) is 5.58. The van der Waals surface area contributed by atoms with Gasteiger partial charge in [-0.25, -0.2) is 0 Å². The van der Waals surface area contributed by atoms with Crippen molar-refractivity contribution in [3.63, 3.8) is 0 Å². The minimum Gasteiger partial charge on any atom is -0.384 e. The van der Waals surface area contributed by atoms with Crippen molar-refractivity contribution >= 4 is 41.7 Å². The number of hydrogen-bond acceptors (Lipinski definition) is 5. The van der Waals surface area contributed by atoms with Crippen LogP contribution in [0.4, 0.5) is 0 Å². The van der Waals surface area contributed by atoms with Gasteiger partial charge in [0.25, 0.3) is 0 Å². The topological polar surface area (TPSA) is 49.3 Å². The average molecular weight is 484 g/mol. The Labute approximate surface area is 173 Å². The van der Waals surface area contributed by atoms with Gasteiger partial charge >= 0.3 is 0 Å². The maximum atomic E-state index is 5.55. The molecule has 0 aliphatic carbocycles. The first-order chi connectivity index (χ1) is 11.8. The molecule has 3 saturated heterocycles. The van der Waals surface area contributed by atoms with Gasteiger partial charge in [0.1, 0.15) is 0 Å². The standard InChI is InChI=1S/C17H32N4O2S.HI/c1-18-16(20-5-3-15(11-20)12-22-2)19-13-17(4-10-24-14-17)21-6-8-23-9-7-21;/h15H,3-14H2,1-2H3,(H,18,19);1H. The van der Waals surface area contributed by atoms with Crippen molar-refractivity contribution < 1.29 is 9.47 Å². The molecule has 0 aromatic rings. The van der Waals surface area contributed by atoms with Crippen molar-refractivity contribution in [1.82, 2.24) is 15.1 Å². The number of ether oxygens (including phenoxy) is 2. The van der Waals surface area contributed by atoms with Crippen LogP contribution in [-0.2, 0) is 9.47 Å². The summed E-state index contributed by atoms with van der Waals surface area (Å²) < 4.78 is 10.9. The second-order valence-electron chi connectivity index (χ2n) is 7.08. The predicted molar refractivity (Wildman–Crippen MR) is 115 cm³/mol. The first kappa shape index (κ1) is 21.5. The SMILES string of the molecule is CN=C(NCC1(N2CCOCC2)CCSC1)N1CCC(COC)C1.I. The summed E-state index contributed by atoms with van der Waals surface area (Å²) in [6, 6.07) is 0. The smallest absolute Gasteiger partial charge is 0.193 e. The minimum absolute atomic E-state index is 0. The molecule has 3 aliphatic heterocycles. The van der Waals surface area contributed by atoms with E-state index in [1.54, 1.807) is 7.11 Å². The number of halogens is 1. The third-order valence-electron chi connectivity index (χ3n) is 5.54. The predicted octanol–water partition coefficient (Wildman–Crippen LogP) is 1.36. The molecular formula is C17H33IN4O2S. The van der Waals surface area contributed by atoms with Gasteiger partial charge in [-0.15, -0.1) is 24.0 Å². The van der Waals surface area contributed by atoms with Gasteiger partial charge in [-0.2, -0.15) is 11.8 Å². The van der Waals surface area contributed by atoms with E-state index in [1.165, 1.54) is 24.3 Å². The second kappa shape index (κ2) is 10.5. The Morgan fingerprint density at radius 3 is 2.80 bits per heavy atom. The van der Waals surface area contributed by atoms with Crippen LogP contribution in [0.2, 0.25) is 0 Å². The molecule has 8 heteroatoms. The lowest BCUT2D eigenvalue weighted by molar-refractivity contribution is -0.0121. The van der Waals surface area contributed by atoms with E-state index < -0.39 is 0 Å². The molecule has 0 aromatic carbocycles. The number of rotatable bonds is 5. The molecule has 0 saturated carbocycles. The molecule has 0 amide bonds. The number of nitrogens with zero attached hydrogens (tertiary/aromatic N) is 3. The van der Waals surface area contributed by atoms with Crippen molar-refractivity contribution in [2.24, 2.45) is 10.9 Å². The Hall–Kier alpha value is 0.230. The first-order valence-corrected chi connectivity index (χ1v) is 10.3. The lowest BCUT2D eigenvalue weighted by atomic mass is 9.95. The Bertz CT molecular complexity index is 429. The minimum atomic E-state index is 0. The zero-order valence-corrected chi connectivity index (χ0v) is 18.7. The van der Waals surface area contributed by atoms with Crippen LogP contribution in [-0.4, -0.2) is 99.5 Å².